The summed E-state index contributed by atoms with van der Waals surface area (Å²) in [6, 6.07) is 15.4. The molecular weight excluding hydrogens is 420 g/mol. The van der Waals surface area contributed by atoms with Crippen molar-refractivity contribution in [3.05, 3.63) is 71.3 Å². The Kier molecular flexibility index (Phi) is 10.4. The number of aryl methyl sites for hydroxylation is 1. The number of esters is 1. The maximum absolute atomic E-state index is 12.0. The minimum absolute atomic E-state index is 0.170. The molecule has 34 heavy (non-hydrogen) atoms. The van der Waals surface area contributed by atoms with Gasteiger partial charge in [-0.15, -0.1) is 0 Å². The predicted octanol–water partition coefficient (Wildman–Crippen LogP) is 7.75. The topological polar surface area (TPSA) is 46.5 Å². The molecule has 1 saturated carbocycles. The van der Waals surface area contributed by atoms with E-state index >= 15 is 0 Å². The van der Waals surface area contributed by atoms with Crippen molar-refractivity contribution < 1.29 is 14.6 Å². The summed E-state index contributed by atoms with van der Waals surface area (Å²) in [7, 11) is 0. The number of aliphatic hydroxyl groups excluding tert-OH is 1. The van der Waals surface area contributed by atoms with E-state index in [-0.39, 0.29) is 19.2 Å². The Bertz CT molecular complexity index is 920. The summed E-state index contributed by atoms with van der Waals surface area (Å²) in [4.78, 5) is 12.0. The van der Waals surface area contributed by atoms with Crippen LogP contribution in [0.2, 0.25) is 0 Å². The Balaban J connectivity index is 1.69. The van der Waals surface area contributed by atoms with Gasteiger partial charge in [-0.25, -0.2) is 4.79 Å². The van der Waals surface area contributed by atoms with Gasteiger partial charge in [0, 0.05) is 12.2 Å². The number of hydrogen-bond acceptors (Lipinski definition) is 3. The zero-order valence-electron chi connectivity index (χ0n) is 21.2. The summed E-state index contributed by atoms with van der Waals surface area (Å²) < 4.78 is 5.49. The average Bonchev–Trinajstić information content (AvgIpc) is 2.86. The molecule has 0 amide bonds. The first-order valence-corrected chi connectivity index (χ1v) is 13.2. The molecule has 0 atom stereocenters. The zero-order valence-corrected chi connectivity index (χ0v) is 21.2. The Morgan fingerprint density at radius 2 is 1.76 bits per heavy atom. The van der Waals surface area contributed by atoms with Crippen molar-refractivity contribution in [1.29, 1.82) is 0 Å². The van der Waals surface area contributed by atoms with Crippen LogP contribution in [0, 0.1) is 5.92 Å². The fraction of sp³-hybridized carbons (Fsp3) is 0.516. The van der Waals surface area contributed by atoms with E-state index < -0.39 is 0 Å². The van der Waals surface area contributed by atoms with Gasteiger partial charge in [0.2, 0.25) is 0 Å². The SMILES string of the molecule is C=C(C)C(=O)OCc1cc(CCCO)ccc1-c1ccc(C2CCC(CCCCC)CC2)cc1. The van der Waals surface area contributed by atoms with Gasteiger partial charge in [0.15, 0.2) is 0 Å². The lowest BCUT2D eigenvalue weighted by atomic mass is 9.77. The first-order valence-electron chi connectivity index (χ1n) is 13.2. The second-order valence-electron chi connectivity index (χ2n) is 10.0. The van der Waals surface area contributed by atoms with E-state index in [1.165, 1.54) is 56.9 Å². The first-order chi connectivity index (χ1) is 16.5. The lowest BCUT2D eigenvalue weighted by Gasteiger charge is -2.29. The van der Waals surface area contributed by atoms with E-state index in [0.717, 1.165) is 41.0 Å². The maximum atomic E-state index is 12.0. The maximum Gasteiger partial charge on any atom is 0.333 e. The van der Waals surface area contributed by atoms with Crippen LogP contribution in [0.1, 0.15) is 94.2 Å². The van der Waals surface area contributed by atoms with Crippen LogP contribution < -0.4 is 0 Å². The number of carbonyl (C=O) groups is 1. The van der Waals surface area contributed by atoms with Gasteiger partial charge in [-0.1, -0.05) is 81.7 Å². The number of unbranched alkanes of at least 4 members (excludes halogenated alkanes) is 2. The van der Waals surface area contributed by atoms with Gasteiger partial charge >= 0.3 is 5.97 Å². The van der Waals surface area contributed by atoms with Crippen LogP contribution in [-0.2, 0) is 22.6 Å². The van der Waals surface area contributed by atoms with Crippen LogP contribution in [0.5, 0.6) is 0 Å². The van der Waals surface area contributed by atoms with Crippen LogP contribution in [-0.4, -0.2) is 17.7 Å². The molecule has 0 heterocycles. The van der Waals surface area contributed by atoms with Gasteiger partial charge < -0.3 is 9.84 Å². The van der Waals surface area contributed by atoms with E-state index in [1.54, 1.807) is 6.92 Å². The summed E-state index contributed by atoms with van der Waals surface area (Å²) in [5.74, 6) is 1.23. The van der Waals surface area contributed by atoms with Crippen molar-refractivity contribution in [1.82, 2.24) is 0 Å². The largest absolute Gasteiger partial charge is 0.457 e. The highest BCUT2D eigenvalue weighted by Crippen LogP contribution is 2.38. The molecular formula is C31H42O3. The lowest BCUT2D eigenvalue weighted by molar-refractivity contribution is -0.140. The molecule has 3 nitrogen and oxygen atoms in total. The molecule has 0 unspecified atom stereocenters. The molecule has 0 spiro atoms. The molecule has 2 aromatic rings. The molecule has 184 valence electrons. The summed E-state index contributed by atoms with van der Waals surface area (Å²) in [6.45, 7) is 8.02. The standard InChI is InChI=1S/C31H42O3/c1-4-5-6-8-24-10-13-26(14-11-24)27-15-17-28(18-16-27)30-19-12-25(9-7-20-32)21-29(30)22-34-31(33)23(2)3/h12,15-19,21,24,26,32H,2,4-11,13-14,20,22H2,1,3H3. The van der Waals surface area contributed by atoms with Gasteiger partial charge in [-0.3, -0.25) is 0 Å². The Morgan fingerprint density at radius 3 is 2.41 bits per heavy atom. The number of rotatable bonds is 12. The van der Waals surface area contributed by atoms with Crippen LogP contribution in [0.3, 0.4) is 0 Å². The van der Waals surface area contributed by atoms with Crippen LogP contribution in [0.15, 0.2) is 54.6 Å². The van der Waals surface area contributed by atoms with Crippen molar-refractivity contribution in [2.45, 2.75) is 90.6 Å². The van der Waals surface area contributed by atoms with Crippen molar-refractivity contribution in [2.75, 3.05) is 6.61 Å². The quantitative estimate of drug-likeness (QED) is 0.199. The van der Waals surface area contributed by atoms with E-state index in [0.29, 0.717) is 11.5 Å². The van der Waals surface area contributed by atoms with Crippen molar-refractivity contribution in [3.8, 4) is 11.1 Å². The molecule has 1 N–H and O–H groups in total. The lowest BCUT2D eigenvalue weighted by Crippen LogP contribution is -2.13. The number of carbonyl (C=O) groups excluding carboxylic acids is 1. The third-order valence-corrected chi connectivity index (χ3v) is 7.26. The normalized spacial score (nSPS) is 18.0. The molecule has 1 aliphatic carbocycles. The summed E-state index contributed by atoms with van der Waals surface area (Å²) >= 11 is 0. The van der Waals surface area contributed by atoms with E-state index in [9.17, 15) is 9.90 Å². The third-order valence-electron chi connectivity index (χ3n) is 7.26. The minimum Gasteiger partial charge on any atom is -0.457 e. The summed E-state index contributed by atoms with van der Waals surface area (Å²) in [5, 5.41) is 9.18. The van der Waals surface area contributed by atoms with Crippen molar-refractivity contribution >= 4 is 5.97 Å². The van der Waals surface area contributed by atoms with Gasteiger partial charge in [-0.05, 0) is 85.1 Å². The number of ether oxygens (including phenoxy) is 1. The van der Waals surface area contributed by atoms with Crippen LogP contribution in [0.25, 0.3) is 11.1 Å². The Labute approximate surface area is 206 Å². The molecule has 1 fully saturated rings. The zero-order chi connectivity index (χ0) is 24.3. The molecule has 0 saturated heterocycles. The van der Waals surface area contributed by atoms with Crippen LogP contribution >= 0.6 is 0 Å². The fourth-order valence-electron chi connectivity index (χ4n) is 5.16. The van der Waals surface area contributed by atoms with Crippen LogP contribution in [0.4, 0.5) is 0 Å². The van der Waals surface area contributed by atoms with Crippen molar-refractivity contribution in [2.24, 2.45) is 5.92 Å². The van der Waals surface area contributed by atoms with Gasteiger partial charge in [0.05, 0.1) is 0 Å². The fourth-order valence-corrected chi connectivity index (χ4v) is 5.16. The number of aliphatic hydroxyl groups is 1. The second kappa shape index (κ2) is 13.5. The minimum atomic E-state index is -0.368. The van der Waals surface area contributed by atoms with E-state index in [4.69, 9.17) is 4.74 Å². The smallest absolute Gasteiger partial charge is 0.333 e. The summed E-state index contributed by atoms with van der Waals surface area (Å²) in [5.41, 5.74) is 6.23. The van der Waals surface area contributed by atoms with Gasteiger partial charge in [-0.2, -0.15) is 0 Å². The Morgan fingerprint density at radius 1 is 1.03 bits per heavy atom. The van der Waals surface area contributed by atoms with Gasteiger partial charge in [0.25, 0.3) is 0 Å². The average molecular weight is 463 g/mol. The molecule has 3 rings (SSSR count). The number of benzene rings is 2. The monoisotopic (exact) mass is 462 g/mol. The van der Waals surface area contributed by atoms with Gasteiger partial charge in [0.1, 0.15) is 6.61 Å². The molecule has 0 radical (unpaired) electrons. The van der Waals surface area contributed by atoms with E-state index in [1.807, 2.05) is 0 Å². The predicted molar refractivity (Wildman–Crippen MR) is 141 cm³/mol. The molecule has 1 aliphatic rings. The second-order valence-corrected chi connectivity index (χ2v) is 10.0. The molecule has 0 bridgehead atoms. The highest BCUT2D eigenvalue weighted by molar-refractivity contribution is 5.87. The van der Waals surface area contributed by atoms with E-state index in [2.05, 4.69) is 56.0 Å². The molecule has 0 aliphatic heterocycles. The third kappa shape index (κ3) is 7.56. The van der Waals surface area contributed by atoms with Crippen molar-refractivity contribution in [3.63, 3.8) is 0 Å². The number of hydrogen-bond donors (Lipinski definition) is 1. The molecule has 2 aromatic carbocycles. The first kappa shape index (κ1) is 26.2. The highest BCUT2D eigenvalue weighted by atomic mass is 16.5. The Hall–Kier alpha value is -2.39. The molecule has 3 heteroatoms. The summed E-state index contributed by atoms with van der Waals surface area (Å²) in [6.07, 6.45) is 12.3. The highest BCUT2D eigenvalue weighted by Gasteiger charge is 2.22. The molecule has 0 aromatic heterocycles.